The average molecular weight is 238 g/mol. The molecule has 1 heterocycles. The van der Waals surface area contributed by atoms with E-state index in [4.69, 9.17) is 4.74 Å². The molecule has 1 saturated carbocycles. The van der Waals surface area contributed by atoms with Crippen LogP contribution in [0.15, 0.2) is 12.4 Å². The molecule has 1 fully saturated rings. The van der Waals surface area contributed by atoms with E-state index in [9.17, 15) is 5.11 Å². The Morgan fingerprint density at radius 1 is 1.41 bits per heavy atom. The lowest BCUT2D eigenvalue weighted by atomic mass is 9.86. The third-order valence-corrected chi connectivity index (χ3v) is 3.40. The fraction of sp³-hybridized carbons (Fsp3) is 0.769. The van der Waals surface area contributed by atoms with Crippen LogP contribution in [0.25, 0.3) is 0 Å². The van der Waals surface area contributed by atoms with Gasteiger partial charge in [0.05, 0.1) is 18.0 Å². The minimum Gasteiger partial charge on any atom is -0.487 e. The van der Waals surface area contributed by atoms with Gasteiger partial charge in [-0.1, -0.05) is 19.3 Å². The first kappa shape index (κ1) is 12.4. The molecular formula is C13H22N2O2. The second kappa shape index (κ2) is 5.08. The first-order chi connectivity index (χ1) is 8.09. The first-order valence-electron chi connectivity index (χ1n) is 6.48. The topological polar surface area (TPSA) is 47.3 Å². The molecule has 0 radical (unpaired) electrons. The molecule has 2 rings (SSSR count). The van der Waals surface area contributed by atoms with E-state index in [0.717, 1.165) is 31.4 Å². The molecule has 0 aliphatic heterocycles. The van der Waals surface area contributed by atoms with Crippen molar-refractivity contribution in [2.45, 2.75) is 57.6 Å². The van der Waals surface area contributed by atoms with Gasteiger partial charge in [-0.25, -0.2) is 0 Å². The fourth-order valence-electron chi connectivity index (χ4n) is 2.25. The molecule has 4 nitrogen and oxygen atoms in total. The number of hydrogen-bond acceptors (Lipinski definition) is 3. The Kier molecular flexibility index (Phi) is 3.72. The van der Waals surface area contributed by atoms with Crippen molar-refractivity contribution in [1.29, 1.82) is 0 Å². The number of hydrogen-bond donors (Lipinski definition) is 1. The summed E-state index contributed by atoms with van der Waals surface area (Å²) in [6.07, 6.45) is 8.74. The van der Waals surface area contributed by atoms with E-state index in [1.54, 1.807) is 6.20 Å². The molecule has 1 aromatic rings. The lowest BCUT2D eigenvalue weighted by Gasteiger charge is -2.31. The summed E-state index contributed by atoms with van der Waals surface area (Å²) in [6.45, 7) is 4.54. The highest BCUT2D eigenvalue weighted by Gasteiger charge is 2.30. The molecule has 0 aromatic carbocycles. The molecule has 1 N–H and O–H groups in total. The van der Waals surface area contributed by atoms with Crippen LogP contribution in [0.1, 0.15) is 52.0 Å². The summed E-state index contributed by atoms with van der Waals surface area (Å²) in [5.41, 5.74) is -0.627. The van der Waals surface area contributed by atoms with Crippen LogP contribution in [-0.2, 0) is 0 Å². The highest BCUT2D eigenvalue weighted by molar-refractivity contribution is 5.12. The van der Waals surface area contributed by atoms with Crippen LogP contribution in [0.4, 0.5) is 0 Å². The van der Waals surface area contributed by atoms with Crippen LogP contribution in [-0.4, -0.2) is 27.1 Å². The molecule has 1 aromatic heterocycles. The lowest BCUT2D eigenvalue weighted by molar-refractivity contribution is -0.0339. The average Bonchev–Trinajstić information content (AvgIpc) is 2.76. The normalized spacial score (nSPS) is 19.5. The van der Waals surface area contributed by atoms with Crippen LogP contribution >= 0.6 is 0 Å². The number of nitrogens with zero attached hydrogens (tertiary/aromatic N) is 2. The summed E-state index contributed by atoms with van der Waals surface area (Å²) in [7, 11) is 0. The van der Waals surface area contributed by atoms with Crippen molar-refractivity contribution in [3.63, 3.8) is 0 Å². The van der Waals surface area contributed by atoms with Crippen LogP contribution in [0.2, 0.25) is 0 Å². The Labute approximate surface area is 103 Å². The van der Waals surface area contributed by atoms with Crippen molar-refractivity contribution in [2.75, 3.05) is 6.61 Å². The van der Waals surface area contributed by atoms with Crippen molar-refractivity contribution < 1.29 is 9.84 Å². The van der Waals surface area contributed by atoms with Crippen molar-refractivity contribution in [3.05, 3.63) is 12.4 Å². The number of ether oxygens (including phenoxy) is 1. The number of rotatable bonds is 4. The zero-order chi connectivity index (χ0) is 12.3. The van der Waals surface area contributed by atoms with Crippen molar-refractivity contribution in [2.24, 2.45) is 0 Å². The summed E-state index contributed by atoms with van der Waals surface area (Å²) < 4.78 is 7.51. The van der Waals surface area contributed by atoms with E-state index in [-0.39, 0.29) is 0 Å². The summed E-state index contributed by atoms with van der Waals surface area (Å²) in [6, 6.07) is 0.338. The van der Waals surface area contributed by atoms with E-state index in [0.29, 0.717) is 12.6 Å². The van der Waals surface area contributed by atoms with Gasteiger partial charge < -0.3 is 9.84 Å². The molecule has 1 aliphatic rings. The molecule has 0 atom stereocenters. The summed E-state index contributed by atoms with van der Waals surface area (Å²) in [5, 5.41) is 14.5. The number of aliphatic hydroxyl groups is 1. The van der Waals surface area contributed by atoms with Gasteiger partial charge in [-0.2, -0.15) is 5.10 Å². The van der Waals surface area contributed by atoms with Gasteiger partial charge in [-0.15, -0.1) is 0 Å². The standard InChI is InChI=1S/C13H22N2O2/c1-11(2)15-9-12(8-14-15)17-10-13(16)6-4-3-5-7-13/h8-9,11,16H,3-7,10H2,1-2H3. The van der Waals surface area contributed by atoms with E-state index < -0.39 is 5.60 Å². The third kappa shape index (κ3) is 3.22. The Morgan fingerprint density at radius 3 is 2.71 bits per heavy atom. The Balaban J connectivity index is 1.88. The largest absolute Gasteiger partial charge is 0.487 e. The van der Waals surface area contributed by atoms with Gasteiger partial charge in [0.2, 0.25) is 0 Å². The number of aromatic nitrogens is 2. The zero-order valence-electron chi connectivity index (χ0n) is 10.7. The van der Waals surface area contributed by atoms with Crippen LogP contribution in [0, 0.1) is 0 Å². The molecule has 0 spiro atoms. The van der Waals surface area contributed by atoms with E-state index in [1.165, 1.54) is 6.42 Å². The van der Waals surface area contributed by atoms with Crippen molar-refractivity contribution in [1.82, 2.24) is 9.78 Å². The fourth-order valence-corrected chi connectivity index (χ4v) is 2.25. The van der Waals surface area contributed by atoms with Gasteiger partial charge >= 0.3 is 0 Å². The molecule has 96 valence electrons. The van der Waals surface area contributed by atoms with Gasteiger partial charge in [0.1, 0.15) is 6.61 Å². The van der Waals surface area contributed by atoms with Crippen LogP contribution < -0.4 is 4.74 Å². The Hall–Kier alpha value is -1.03. The molecular weight excluding hydrogens is 216 g/mol. The quantitative estimate of drug-likeness (QED) is 0.876. The highest BCUT2D eigenvalue weighted by Crippen LogP contribution is 2.28. The van der Waals surface area contributed by atoms with Crippen LogP contribution in [0.3, 0.4) is 0 Å². The summed E-state index contributed by atoms with van der Waals surface area (Å²) in [4.78, 5) is 0. The van der Waals surface area contributed by atoms with Gasteiger partial charge in [0, 0.05) is 6.04 Å². The van der Waals surface area contributed by atoms with E-state index in [2.05, 4.69) is 18.9 Å². The second-order valence-corrected chi connectivity index (χ2v) is 5.32. The van der Waals surface area contributed by atoms with Gasteiger partial charge in [-0.3, -0.25) is 4.68 Å². The van der Waals surface area contributed by atoms with Crippen molar-refractivity contribution in [3.8, 4) is 5.75 Å². The van der Waals surface area contributed by atoms with Crippen LogP contribution in [0.5, 0.6) is 5.75 Å². The predicted octanol–water partition coefficient (Wildman–Crippen LogP) is 2.54. The maximum absolute atomic E-state index is 10.3. The molecule has 0 bridgehead atoms. The highest BCUT2D eigenvalue weighted by atomic mass is 16.5. The second-order valence-electron chi connectivity index (χ2n) is 5.32. The Morgan fingerprint density at radius 2 is 2.12 bits per heavy atom. The molecule has 17 heavy (non-hydrogen) atoms. The molecule has 0 unspecified atom stereocenters. The predicted molar refractivity (Wildman–Crippen MR) is 66.1 cm³/mol. The Bertz CT molecular complexity index is 354. The third-order valence-electron chi connectivity index (χ3n) is 3.40. The SMILES string of the molecule is CC(C)n1cc(OCC2(O)CCCCC2)cn1. The maximum atomic E-state index is 10.3. The minimum absolute atomic E-state index is 0.338. The smallest absolute Gasteiger partial charge is 0.157 e. The monoisotopic (exact) mass is 238 g/mol. The maximum Gasteiger partial charge on any atom is 0.157 e. The van der Waals surface area contributed by atoms with E-state index >= 15 is 0 Å². The molecule has 0 amide bonds. The lowest BCUT2D eigenvalue weighted by Crippen LogP contribution is -2.37. The summed E-state index contributed by atoms with van der Waals surface area (Å²) >= 11 is 0. The minimum atomic E-state index is -0.627. The van der Waals surface area contributed by atoms with Gasteiger partial charge in [0.25, 0.3) is 0 Å². The molecule has 0 saturated heterocycles. The van der Waals surface area contributed by atoms with E-state index in [1.807, 2.05) is 10.9 Å². The van der Waals surface area contributed by atoms with Gasteiger partial charge in [0.15, 0.2) is 5.75 Å². The molecule has 4 heteroatoms. The van der Waals surface area contributed by atoms with Crippen molar-refractivity contribution >= 4 is 0 Å². The summed E-state index contributed by atoms with van der Waals surface area (Å²) in [5.74, 6) is 0.748. The van der Waals surface area contributed by atoms with Gasteiger partial charge in [-0.05, 0) is 26.7 Å². The zero-order valence-corrected chi connectivity index (χ0v) is 10.7. The first-order valence-corrected chi connectivity index (χ1v) is 6.48. The molecule has 1 aliphatic carbocycles.